The Balaban J connectivity index is 2.52. The van der Waals surface area contributed by atoms with E-state index in [1.54, 1.807) is 0 Å². The van der Waals surface area contributed by atoms with E-state index in [2.05, 4.69) is 6.07 Å². The highest BCUT2D eigenvalue weighted by molar-refractivity contribution is 5.96. The van der Waals surface area contributed by atoms with Gasteiger partial charge in [-0.3, -0.25) is 5.41 Å². The number of rotatable bonds is 1. The van der Waals surface area contributed by atoms with Crippen molar-refractivity contribution in [3.8, 4) is 0 Å². The first-order chi connectivity index (χ1) is 6.29. The van der Waals surface area contributed by atoms with E-state index in [0.717, 1.165) is 18.4 Å². The van der Waals surface area contributed by atoms with Crippen molar-refractivity contribution in [1.82, 2.24) is 0 Å². The van der Waals surface area contributed by atoms with Crippen LogP contribution in [-0.4, -0.2) is 5.84 Å². The van der Waals surface area contributed by atoms with Gasteiger partial charge in [-0.2, -0.15) is 0 Å². The van der Waals surface area contributed by atoms with E-state index >= 15 is 0 Å². The van der Waals surface area contributed by atoms with Crippen molar-refractivity contribution < 1.29 is 0 Å². The molecule has 0 atom stereocenters. The van der Waals surface area contributed by atoms with E-state index in [1.165, 1.54) is 24.0 Å². The van der Waals surface area contributed by atoms with Crippen molar-refractivity contribution in [2.75, 3.05) is 0 Å². The summed E-state index contributed by atoms with van der Waals surface area (Å²) >= 11 is 0. The Hall–Kier alpha value is -1.31. The summed E-state index contributed by atoms with van der Waals surface area (Å²) in [6.45, 7) is 0. The number of hydrogen-bond acceptors (Lipinski definition) is 1. The molecule has 0 fully saturated rings. The molecule has 0 radical (unpaired) electrons. The minimum Gasteiger partial charge on any atom is -0.384 e. The maximum atomic E-state index is 7.45. The first-order valence-corrected chi connectivity index (χ1v) is 4.74. The van der Waals surface area contributed by atoms with Crippen LogP contribution in [0.25, 0.3) is 0 Å². The second-order valence-corrected chi connectivity index (χ2v) is 3.56. The van der Waals surface area contributed by atoms with E-state index in [1.807, 2.05) is 12.1 Å². The third kappa shape index (κ3) is 1.44. The molecule has 2 rings (SSSR count). The standard InChI is InChI=1S/C11H14N2/c12-11(13)10-7-3-5-8-4-1-2-6-9(8)10/h3,5,7H,1-2,4,6H2,(H3,12,13). The van der Waals surface area contributed by atoms with Crippen LogP contribution in [0.3, 0.4) is 0 Å². The van der Waals surface area contributed by atoms with Crippen LogP contribution in [0.4, 0.5) is 0 Å². The van der Waals surface area contributed by atoms with Gasteiger partial charge >= 0.3 is 0 Å². The molecular weight excluding hydrogens is 160 g/mol. The van der Waals surface area contributed by atoms with Crippen molar-refractivity contribution in [2.45, 2.75) is 25.7 Å². The number of fused-ring (bicyclic) bond motifs is 1. The number of nitrogens with two attached hydrogens (primary N) is 1. The largest absolute Gasteiger partial charge is 0.384 e. The Labute approximate surface area is 78.3 Å². The van der Waals surface area contributed by atoms with Gasteiger partial charge in [0.1, 0.15) is 5.84 Å². The van der Waals surface area contributed by atoms with Crippen LogP contribution in [0.15, 0.2) is 18.2 Å². The van der Waals surface area contributed by atoms with Crippen LogP contribution in [-0.2, 0) is 12.8 Å². The highest BCUT2D eigenvalue weighted by Crippen LogP contribution is 2.23. The zero-order chi connectivity index (χ0) is 9.26. The molecule has 2 heteroatoms. The van der Waals surface area contributed by atoms with Gasteiger partial charge in [0.05, 0.1) is 0 Å². The van der Waals surface area contributed by atoms with Gasteiger partial charge in [-0.25, -0.2) is 0 Å². The summed E-state index contributed by atoms with van der Waals surface area (Å²) in [5, 5.41) is 7.45. The van der Waals surface area contributed by atoms with Gasteiger partial charge in [-0.05, 0) is 36.8 Å². The lowest BCUT2D eigenvalue weighted by molar-refractivity contribution is 0.684. The highest BCUT2D eigenvalue weighted by Gasteiger charge is 2.13. The van der Waals surface area contributed by atoms with Gasteiger partial charge in [0.25, 0.3) is 0 Å². The number of benzene rings is 1. The van der Waals surface area contributed by atoms with Crippen molar-refractivity contribution in [1.29, 1.82) is 5.41 Å². The van der Waals surface area contributed by atoms with Crippen LogP contribution in [0.5, 0.6) is 0 Å². The first-order valence-electron chi connectivity index (χ1n) is 4.74. The lowest BCUT2D eigenvalue weighted by Gasteiger charge is -2.18. The summed E-state index contributed by atoms with van der Waals surface area (Å²) in [7, 11) is 0. The molecule has 2 nitrogen and oxygen atoms in total. The van der Waals surface area contributed by atoms with E-state index < -0.39 is 0 Å². The molecule has 0 aliphatic heterocycles. The fraction of sp³-hybridized carbons (Fsp3) is 0.364. The number of aryl methyl sites for hydroxylation is 1. The monoisotopic (exact) mass is 174 g/mol. The molecule has 0 saturated carbocycles. The molecule has 0 heterocycles. The summed E-state index contributed by atoms with van der Waals surface area (Å²) in [5.41, 5.74) is 9.16. The SMILES string of the molecule is N=C(N)c1cccc2c1CCCC2. The van der Waals surface area contributed by atoms with Gasteiger partial charge in [-0.1, -0.05) is 18.2 Å². The third-order valence-corrected chi connectivity index (χ3v) is 2.69. The second-order valence-electron chi connectivity index (χ2n) is 3.56. The van der Waals surface area contributed by atoms with Crippen LogP contribution < -0.4 is 5.73 Å². The zero-order valence-electron chi connectivity index (χ0n) is 7.64. The minimum atomic E-state index is 0.207. The lowest BCUT2D eigenvalue weighted by atomic mass is 9.88. The average molecular weight is 174 g/mol. The Morgan fingerprint density at radius 3 is 2.77 bits per heavy atom. The van der Waals surface area contributed by atoms with Gasteiger partial charge in [-0.15, -0.1) is 0 Å². The number of nitrogen functional groups attached to an aromatic ring is 1. The van der Waals surface area contributed by atoms with Gasteiger partial charge in [0, 0.05) is 5.56 Å². The molecule has 0 bridgehead atoms. The Bertz CT molecular complexity index is 342. The molecule has 1 aromatic carbocycles. The maximum Gasteiger partial charge on any atom is 0.123 e. The summed E-state index contributed by atoms with van der Waals surface area (Å²) < 4.78 is 0. The molecule has 0 amide bonds. The zero-order valence-corrected chi connectivity index (χ0v) is 7.64. The molecule has 1 aliphatic carbocycles. The molecule has 1 aromatic rings. The van der Waals surface area contributed by atoms with Gasteiger partial charge in [0.15, 0.2) is 0 Å². The molecule has 13 heavy (non-hydrogen) atoms. The lowest BCUT2D eigenvalue weighted by Crippen LogP contribution is -2.16. The van der Waals surface area contributed by atoms with E-state index in [4.69, 9.17) is 11.1 Å². The molecule has 0 saturated heterocycles. The smallest absolute Gasteiger partial charge is 0.123 e. The fourth-order valence-electron chi connectivity index (χ4n) is 2.03. The minimum absolute atomic E-state index is 0.207. The quantitative estimate of drug-likeness (QED) is 0.495. The average Bonchev–Trinajstić information content (AvgIpc) is 2.17. The molecular formula is C11H14N2. The fourth-order valence-corrected chi connectivity index (χ4v) is 2.03. The second kappa shape index (κ2) is 3.21. The summed E-state index contributed by atoms with van der Waals surface area (Å²) in [6.07, 6.45) is 4.74. The summed E-state index contributed by atoms with van der Waals surface area (Å²) in [6, 6.07) is 6.11. The van der Waals surface area contributed by atoms with Gasteiger partial charge < -0.3 is 5.73 Å². The third-order valence-electron chi connectivity index (χ3n) is 2.69. The predicted molar refractivity (Wildman–Crippen MR) is 54.1 cm³/mol. The van der Waals surface area contributed by atoms with Crippen molar-refractivity contribution >= 4 is 5.84 Å². The Morgan fingerprint density at radius 1 is 1.23 bits per heavy atom. The molecule has 1 aliphatic rings. The van der Waals surface area contributed by atoms with Crippen LogP contribution in [0, 0.1) is 5.41 Å². The molecule has 0 unspecified atom stereocenters. The molecule has 68 valence electrons. The molecule has 0 spiro atoms. The van der Waals surface area contributed by atoms with Crippen molar-refractivity contribution in [3.63, 3.8) is 0 Å². The summed E-state index contributed by atoms with van der Waals surface area (Å²) in [4.78, 5) is 0. The number of nitrogens with one attached hydrogen (secondary N) is 1. The Morgan fingerprint density at radius 2 is 2.00 bits per heavy atom. The van der Waals surface area contributed by atoms with Gasteiger partial charge in [0.2, 0.25) is 0 Å². The van der Waals surface area contributed by atoms with Crippen LogP contribution >= 0.6 is 0 Å². The van der Waals surface area contributed by atoms with Crippen molar-refractivity contribution in [3.05, 3.63) is 34.9 Å². The summed E-state index contributed by atoms with van der Waals surface area (Å²) in [5.74, 6) is 0.207. The number of hydrogen-bond donors (Lipinski definition) is 2. The van der Waals surface area contributed by atoms with E-state index in [-0.39, 0.29) is 5.84 Å². The van der Waals surface area contributed by atoms with E-state index in [0.29, 0.717) is 0 Å². The number of amidine groups is 1. The topological polar surface area (TPSA) is 49.9 Å². The molecule has 3 N–H and O–H groups in total. The predicted octanol–water partition coefficient (Wildman–Crippen LogP) is 1.85. The van der Waals surface area contributed by atoms with Crippen LogP contribution in [0.2, 0.25) is 0 Å². The van der Waals surface area contributed by atoms with E-state index in [9.17, 15) is 0 Å². The highest BCUT2D eigenvalue weighted by atomic mass is 14.7. The molecule has 0 aromatic heterocycles. The normalized spacial score (nSPS) is 15.1. The van der Waals surface area contributed by atoms with Crippen molar-refractivity contribution in [2.24, 2.45) is 5.73 Å². The Kier molecular flexibility index (Phi) is 2.05. The van der Waals surface area contributed by atoms with Crippen LogP contribution in [0.1, 0.15) is 29.5 Å². The maximum absolute atomic E-state index is 7.45. The first kappa shape index (κ1) is 8.30.